The van der Waals surface area contributed by atoms with Crippen molar-refractivity contribution in [1.29, 1.82) is 0 Å². The van der Waals surface area contributed by atoms with E-state index in [1.807, 2.05) is 12.1 Å². The van der Waals surface area contributed by atoms with Crippen LogP contribution in [-0.4, -0.2) is 22.6 Å². The van der Waals surface area contributed by atoms with Gasteiger partial charge in [-0.05, 0) is 42.8 Å². The number of furan rings is 1. The van der Waals surface area contributed by atoms with Gasteiger partial charge in [0.2, 0.25) is 0 Å². The average molecular weight is 308 g/mol. The average Bonchev–Trinajstić information content (AvgIpc) is 3.29. The summed E-state index contributed by atoms with van der Waals surface area (Å²) in [5.41, 5.74) is 3.61. The van der Waals surface area contributed by atoms with Crippen LogP contribution in [0.4, 0.5) is 0 Å². The highest BCUT2D eigenvalue weighted by Gasteiger charge is 2.28. The minimum absolute atomic E-state index is 0.00819. The molecule has 0 bridgehead atoms. The van der Waals surface area contributed by atoms with Gasteiger partial charge in [0.25, 0.3) is 0 Å². The van der Waals surface area contributed by atoms with E-state index in [4.69, 9.17) is 9.15 Å². The first-order chi connectivity index (χ1) is 11.3. The van der Waals surface area contributed by atoms with Crippen molar-refractivity contribution in [2.45, 2.75) is 19.7 Å². The van der Waals surface area contributed by atoms with E-state index in [-0.39, 0.29) is 6.23 Å². The second kappa shape index (κ2) is 6.07. The highest BCUT2D eigenvalue weighted by atomic mass is 16.5. The van der Waals surface area contributed by atoms with Gasteiger partial charge in [-0.2, -0.15) is 0 Å². The fraction of sp³-hybridized carbons (Fsp3) is 0.263. The molecule has 3 aromatic rings. The Morgan fingerprint density at radius 2 is 2.13 bits per heavy atom. The maximum Gasteiger partial charge on any atom is 0.138 e. The predicted octanol–water partition coefficient (Wildman–Crippen LogP) is 3.91. The molecule has 4 nitrogen and oxygen atoms in total. The van der Waals surface area contributed by atoms with Gasteiger partial charge < -0.3 is 13.7 Å². The van der Waals surface area contributed by atoms with E-state index >= 15 is 0 Å². The van der Waals surface area contributed by atoms with E-state index in [1.54, 1.807) is 6.26 Å². The Kier molecular flexibility index (Phi) is 3.77. The summed E-state index contributed by atoms with van der Waals surface area (Å²) in [6.07, 6.45) is 5.96. The molecule has 0 saturated carbocycles. The van der Waals surface area contributed by atoms with E-state index in [2.05, 4.69) is 59.1 Å². The number of rotatable bonds is 4. The molecule has 1 fully saturated rings. The van der Waals surface area contributed by atoms with Crippen LogP contribution in [0.25, 0.3) is 5.69 Å². The lowest BCUT2D eigenvalue weighted by Gasteiger charge is -2.21. The highest BCUT2D eigenvalue weighted by molar-refractivity contribution is 5.37. The van der Waals surface area contributed by atoms with Crippen LogP contribution in [0, 0.1) is 6.92 Å². The van der Waals surface area contributed by atoms with Gasteiger partial charge in [-0.25, -0.2) is 0 Å². The summed E-state index contributed by atoms with van der Waals surface area (Å²) in [5, 5.41) is 0. The Hall–Kier alpha value is -2.30. The van der Waals surface area contributed by atoms with Crippen molar-refractivity contribution in [2.75, 3.05) is 13.2 Å². The molecular formula is C19H20N2O2. The molecule has 4 rings (SSSR count). The maximum atomic E-state index is 5.94. The Balaban J connectivity index is 1.55. The van der Waals surface area contributed by atoms with Gasteiger partial charge in [0.05, 0.1) is 19.4 Å². The quantitative estimate of drug-likeness (QED) is 0.732. The topological polar surface area (TPSA) is 30.5 Å². The lowest BCUT2D eigenvalue weighted by atomic mass is 10.2. The Morgan fingerprint density at radius 1 is 1.17 bits per heavy atom. The SMILES string of the molecule is Cc1cccc(-n2ccc(C3OCCN3Cc3ccco3)c2)c1. The second-order valence-corrected chi connectivity index (χ2v) is 5.96. The third kappa shape index (κ3) is 2.96. The van der Waals surface area contributed by atoms with Crippen LogP contribution in [0.3, 0.4) is 0 Å². The van der Waals surface area contributed by atoms with Crippen molar-refractivity contribution in [3.8, 4) is 5.69 Å². The van der Waals surface area contributed by atoms with Crippen LogP contribution in [0.2, 0.25) is 0 Å². The van der Waals surface area contributed by atoms with Gasteiger partial charge in [-0.1, -0.05) is 12.1 Å². The first kappa shape index (κ1) is 14.3. The number of aryl methyl sites for hydroxylation is 1. The Morgan fingerprint density at radius 3 is 2.96 bits per heavy atom. The first-order valence-electron chi connectivity index (χ1n) is 7.92. The zero-order chi connectivity index (χ0) is 15.6. The molecule has 1 atom stereocenters. The third-order valence-corrected chi connectivity index (χ3v) is 4.23. The summed E-state index contributed by atoms with van der Waals surface area (Å²) < 4.78 is 13.6. The monoisotopic (exact) mass is 308 g/mol. The number of benzene rings is 1. The van der Waals surface area contributed by atoms with E-state index in [0.29, 0.717) is 0 Å². The summed E-state index contributed by atoms with van der Waals surface area (Å²) in [5.74, 6) is 0.971. The summed E-state index contributed by atoms with van der Waals surface area (Å²) in [6.45, 7) is 4.55. The predicted molar refractivity (Wildman–Crippen MR) is 88.3 cm³/mol. The Labute approximate surface area is 135 Å². The van der Waals surface area contributed by atoms with Crippen LogP contribution in [-0.2, 0) is 11.3 Å². The minimum atomic E-state index is -0.00819. The molecule has 3 heterocycles. The summed E-state index contributed by atoms with van der Waals surface area (Å²) in [7, 11) is 0. The highest BCUT2D eigenvalue weighted by Crippen LogP contribution is 2.29. The molecule has 118 valence electrons. The molecule has 1 aromatic carbocycles. The molecule has 2 aromatic heterocycles. The number of hydrogen-bond donors (Lipinski definition) is 0. The van der Waals surface area contributed by atoms with Gasteiger partial charge in [-0.3, -0.25) is 4.90 Å². The van der Waals surface area contributed by atoms with Gasteiger partial charge in [0, 0.05) is 30.2 Å². The molecule has 0 aliphatic carbocycles. The summed E-state index contributed by atoms with van der Waals surface area (Å²) >= 11 is 0. The van der Waals surface area contributed by atoms with Gasteiger partial charge in [0.15, 0.2) is 0 Å². The van der Waals surface area contributed by atoms with E-state index in [9.17, 15) is 0 Å². The largest absolute Gasteiger partial charge is 0.468 e. The van der Waals surface area contributed by atoms with Crippen LogP contribution < -0.4 is 0 Å². The smallest absolute Gasteiger partial charge is 0.138 e. The van der Waals surface area contributed by atoms with Crippen LogP contribution in [0.15, 0.2) is 65.5 Å². The molecular weight excluding hydrogens is 288 g/mol. The van der Waals surface area contributed by atoms with Crippen LogP contribution in [0.1, 0.15) is 23.1 Å². The summed E-state index contributed by atoms with van der Waals surface area (Å²) in [4.78, 5) is 2.30. The molecule has 1 unspecified atom stereocenters. The van der Waals surface area contributed by atoms with Gasteiger partial charge in [-0.15, -0.1) is 0 Å². The van der Waals surface area contributed by atoms with Crippen molar-refractivity contribution >= 4 is 0 Å². The molecule has 0 N–H and O–H groups in total. The number of nitrogens with zero attached hydrogens (tertiary/aromatic N) is 2. The van der Waals surface area contributed by atoms with Crippen molar-refractivity contribution in [2.24, 2.45) is 0 Å². The number of hydrogen-bond acceptors (Lipinski definition) is 3. The first-order valence-corrected chi connectivity index (χ1v) is 7.92. The zero-order valence-corrected chi connectivity index (χ0v) is 13.2. The Bertz CT molecular complexity index is 776. The summed E-state index contributed by atoms with van der Waals surface area (Å²) in [6, 6.07) is 14.6. The molecule has 0 spiro atoms. The zero-order valence-electron chi connectivity index (χ0n) is 13.2. The molecule has 0 radical (unpaired) electrons. The second-order valence-electron chi connectivity index (χ2n) is 5.96. The van der Waals surface area contributed by atoms with Crippen LogP contribution in [0.5, 0.6) is 0 Å². The molecule has 1 aliphatic rings. The van der Waals surface area contributed by atoms with Crippen molar-refractivity contribution in [3.05, 3.63) is 78.0 Å². The van der Waals surface area contributed by atoms with Crippen molar-refractivity contribution in [3.63, 3.8) is 0 Å². The number of aromatic nitrogens is 1. The standard InChI is InChI=1S/C19H20N2O2/c1-15-4-2-5-17(12-15)20-8-7-16(13-20)19-21(9-11-23-19)14-18-6-3-10-22-18/h2-8,10,12-13,19H,9,11,14H2,1H3. The third-order valence-electron chi connectivity index (χ3n) is 4.23. The van der Waals surface area contributed by atoms with E-state index in [1.165, 1.54) is 16.8 Å². The lowest BCUT2D eigenvalue weighted by molar-refractivity contribution is 0.0259. The van der Waals surface area contributed by atoms with Gasteiger partial charge in [0.1, 0.15) is 12.0 Å². The molecule has 1 aliphatic heterocycles. The van der Waals surface area contributed by atoms with E-state index in [0.717, 1.165) is 25.5 Å². The van der Waals surface area contributed by atoms with Crippen molar-refractivity contribution < 1.29 is 9.15 Å². The van der Waals surface area contributed by atoms with Crippen LogP contribution >= 0.6 is 0 Å². The minimum Gasteiger partial charge on any atom is -0.468 e. The molecule has 4 heteroatoms. The molecule has 0 amide bonds. The van der Waals surface area contributed by atoms with E-state index < -0.39 is 0 Å². The molecule has 23 heavy (non-hydrogen) atoms. The normalized spacial score (nSPS) is 18.6. The fourth-order valence-corrected chi connectivity index (χ4v) is 3.08. The van der Waals surface area contributed by atoms with Crippen molar-refractivity contribution in [1.82, 2.24) is 9.47 Å². The molecule has 1 saturated heterocycles. The fourth-order valence-electron chi connectivity index (χ4n) is 3.08. The van der Waals surface area contributed by atoms with Gasteiger partial charge >= 0.3 is 0 Å². The lowest BCUT2D eigenvalue weighted by Crippen LogP contribution is -2.22. The number of ether oxygens (including phenoxy) is 1. The maximum absolute atomic E-state index is 5.94.